The van der Waals surface area contributed by atoms with E-state index in [-0.39, 0.29) is 6.09 Å². The Labute approximate surface area is 152 Å². The van der Waals surface area contributed by atoms with Crippen LogP contribution in [0, 0.1) is 5.41 Å². The molecule has 25 heavy (non-hydrogen) atoms. The van der Waals surface area contributed by atoms with Gasteiger partial charge in [0.2, 0.25) is 0 Å². The third-order valence-electron chi connectivity index (χ3n) is 6.51. The summed E-state index contributed by atoms with van der Waals surface area (Å²) < 4.78 is 5.10. The van der Waals surface area contributed by atoms with E-state index in [1.165, 1.54) is 53.5 Å². The molecule has 1 aliphatic carbocycles. The SMILES string of the molecule is BC(C)(O)OC(=O)N1CCC2(CC(N3CCC(N(C)CC)CC3)C2)C1. The van der Waals surface area contributed by atoms with Crippen LogP contribution >= 0.6 is 0 Å². The minimum absolute atomic E-state index is 0.292. The van der Waals surface area contributed by atoms with E-state index in [9.17, 15) is 9.90 Å². The zero-order chi connectivity index (χ0) is 18.2. The van der Waals surface area contributed by atoms with Gasteiger partial charge < -0.3 is 24.5 Å². The molecule has 3 aliphatic rings. The summed E-state index contributed by atoms with van der Waals surface area (Å²) in [7, 11) is 3.73. The fourth-order valence-corrected chi connectivity index (χ4v) is 4.85. The number of hydrogen-bond acceptors (Lipinski definition) is 5. The Hall–Kier alpha value is -0.785. The van der Waals surface area contributed by atoms with E-state index >= 15 is 0 Å². The van der Waals surface area contributed by atoms with E-state index in [0.717, 1.165) is 32.1 Å². The quantitative estimate of drug-likeness (QED) is 0.597. The Morgan fingerprint density at radius 2 is 2.00 bits per heavy atom. The second-order valence-electron chi connectivity index (χ2n) is 8.89. The van der Waals surface area contributed by atoms with Crippen molar-refractivity contribution in [3.8, 4) is 0 Å². The molecule has 1 atom stereocenters. The second-order valence-corrected chi connectivity index (χ2v) is 8.89. The van der Waals surface area contributed by atoms with E-state index in [2.05, 4.69) is 23.8 Å². The maximum absolute atomic E-state index is 12.1. The molecule has 0 aromatic carbocycles. The van der Waals surface area contributed by atoms with Gasteiger partial charge in [0, 0.05) is 25.2 Å². The Morgan fingerprint density at radius 3 is 2.56 bits per heavy atom. The molecule has 2 saturated heterocycles. The zero-order valence-electron chi connectivity index (χ0n) is 16.3. The van der Waals surface area contributed by atoms with Gasteiger partial charge in [-0.3, -0.25) is 0 Å². The Morgan fingerprint density at radius 1 is 1.36 bits per heavy atom. The first kappa shape index (κ1) is 19.0. The highest BCUT2D eigenvalue weighted by molar-refractivity contribution is 6.13. The van der Waals surface area contributed by atoms with Gasteiger partial charge in [-0.15, -0.1) is 0 Å². The maximum atomic E-state index is 12.1. The van der Waals surface area contributed by atoms with E-state index in [1.807, 2.05) is 0 Å². The van der Waals surface area contributed by atoms with Crippen LogP contribution in [0.5, 0.6) is 0 Å². The highest BCUT2D eigenvalue weighted by Gasteiger charge is 2.51. The molecule has 0 aromatic heterocycles. The number of rotatable bonds is 4. The summed E-state index contributed by atoms with van der Waals surface area (Å²) in [6.45, 7) is 8.82. The number of ether oxygens (including phenoxy) is 1. The first-order valence-electron chi connectivity index (χ1n) is 9.86. The van der Waals surface area contributed by atoms with E-state index < -0.39 is 5.69 Å². The third kappa shape index (κ3) is 4.31. The van der Waals surface area contributed by atoms with Crippen molar-refractivity contribution in [2.24, 2.45) is 5.41 Å². The summed E-state index contributed by atoms with van der Waals surface area (Å²) in [6.07, 6.45) is 5.65. The largest absolute Gasteiger partial charge is 0.427 e. The van der Waals surface area contributed by atoms with Crippen molar-refractivity contribution in [3.63, 3.8) is 0 Å². The van der Waals surface area contributed by atoms with E-state index in [0.29, 0.717) is 11.5 Å². The topological polar surface area (TPSA) is 56.3 Å². The summed E-state index contributed by atoms with van der Waals surface area (Å²) >= 11 is 0. The van der Waals surface area contributed by atoms with Crippen LogP contribution in [0.3, 0.4) is 0 Å². The lowest BCUT2D eigenvalue weighted by Crippen LogP contribution is -2.55. The number of piperidine rings is 1. The van der Waals surface area contributed by atoms with Gasteiger partial charge in [0.1, 0.15) is 0 Å². The van der Waals surface area contributed by atoms with Gasteiger partial charge in [-0.25, -0.2) is 4.79 Å². The van der Waals surface area contributed by atoms with Crippen LogP contribution in [0.15, 0.2) is 0 Å². The van der Waals surface area contributed by atoms with Crippen molar-refractivity contribution in [2.75, 3.05) is 39.8 Å². The molecule has 0 radical (unpaired) electrons. The van der Waals surface area contributed by atoms with Crippen molar-refractivity contribution < 1.29 is 14.6 Å². The molecule has 1 spiro atoms. The first-order valence-corrected chi connectivity index (χ1v) is 9.86. The molecule has 0 aromatic rings. The van der Waals surface area contributed by atoms with Crippen LogP contribution in [0.1, 0.15) is 46.0 Å². The van der Waals surface area contributed by atoms with Crippen LogP contribution in [-0.4, -0.2) is 91.3 Å². The number of carbonyl (C=O) groups excluding carboxylic acids is 1. The number of carbonyl (C=O) groups is 1. The van der Waals surface area contributed by atoms with E-state index in [1.54, 1.807) is 4.90 Å². The summed E-state index contributed by atoms with van der Waals surface area (Å²) in [4.78, 5) is 19.0. The van der Waals surface area contributed by atoms with Crippen LogP contribution in [-0.2, 0) is 4.74 Å². The molecule has 7 heteroatoms. The standard InChI is InChI=1S/C18H34BN3O3/c1-4-20(3)14-5-8-21(9-6-14)15-11-18(12-15)7-10-22(13-18)16(23)25-17(2,19)24/h14-15,24H,4-13,19H2,1-3H3. The number of nitrogens with zero attached hydrogens (tertiary/aromatic N) is 3. The summed E-state index contributed by atoms with van der Waals surface area (Å²) in [5.74, 6) is 0. The van der Waals surface area contributed by atoms with Crippen LogP contribution in [0.4, 0.5) is 4.79 Å². The number of amides is 1. The number of likely N-dealkylation sites (tertiary alicyclic amines) is 2. The van der Waals surface area contributed by atoms with Gasteiger partial charge in [-0.05, 0) is 71.1 Å². The zero-order valence-corrected chi connectivity index (χ0v) is 16.3. The molecule has 6 nitrogen and oxygen atoms in total. The van der Waals surface area contributed by atoms with Gasteiger partial charge in [0.05, 0.1) is 0 Å². The van der Waals surface area contributed by atoms with Crippen molar-refractivity contribution in [1.82, 2.24) is 14.7 Å². The van der Waals surface area contributed by atoms with Gasteiger partial charge >= 0.3 is 6.09 Å². The lowest BCUT2D eigenvalue weighted by atomic mass is 9.64. The summed E-state index contributed by atoms with van der Waals surface area (Å²) in [5, 5.41) is 9.66. The fourth-order valence-electron chi connectivity index (χ4n) is 4.85. The minimum Gasteiger partial charge on any atom is -0.427 e. The van der Waals surface area contributed by atoms with Crippen LogP contribution in [0.25, 0.3) is 0 Å². The molecular formula is C18H34BN3O3. The molecule has 1 amide bonds. The smallest absolute Gasteiger partial charge is 0.411 e. The van der Waals surface area contributed by atoms with Gasteiger partial charge in [-0.1, -0.05) is 6.92 Å². The lowest BCUT2D eigenvalue weighted by molar-refractivity contribution is -0.0883. The Balaban J connectivity index is 1.43. The molecule has 2 heterocycles. The van der Waals surface area contributed by atoms with Gasteiger partial charge in [0.25, 0.3) is 0 Å². The number of hydrogen-bond donors (Lipinski definition) is 1. The van der Waals surface area contributed by atoms with Gasteiger partial charge in [0.15, 0.2) is 13.5 Å². The molecule has 142 valence electrons. The summed E-state index contributed by atoms with van der Waals surface area (Å²) in [5.41, 5.74) is -1.11. The minimum atomic E-state index is -1.40. The monoisotopic (exact) mass is 351 g/mol. The molecule has 1 saturated carbocycles. The van der Waals surface area contributed by atoms with Crippen molar-refractivity contribution >= 4 is 13.9 Å². The fraction of sp³-hybridized carbons (Fsp3) is 0.944. The predicted octanol–water partition coefficient (Wildman–Crippen LogP) is 0.693. The molecule has 0 bridgehead atoms. The Bertz CT molecular complexity index is 482. The molecule has 3 rings (SSSR count). The molecule has 2 aliphatic heterocycles. The molecule has 1 unspecified atom stereocenters. The maximum Gasteiger partial charge on any atom is 0.411 e. The Kier molecular flexibility index (Phi) is 5.38. The van der Waals surface area contributed by atoms with E-state index in [4.69, 9.17) is 4.74 Å². The average molecular weight is 351 g/mol. The molecular weight excluding hydrogens is 317 g/mol. The lowest BCUT2D eigenvalue weighted by Gasteiger charge is -2.52. The van der Waals surface area contributed by atoms with Crippen LogP contribution < -0.4 is 0 Å². The first-order chi connectivity index (χ1) is 11.7. The van der Waals surface area contributed by atoms with Crippen LogP contribution in [0.2, 0.25) is 0 Å². The van der Waals surface area contributed by atoms with Gasteiger partial charge in [-0.2, -0.15) is 0 Å². The summed E-state index contributed by atoms with van der Waals surface area (Å²) in [6, 6.07) is 1.44. The highest BCUT2D eigenvalue weighted by Crippen LogP contribution is 2.50. The van der Waals surface area contributed by atoms with Crippen molar-refractivity contribution in [3.05, 3.63) is 0 Å². The van der Waals surface area contributed by atoms with Crippen molar-refractivity contribution in [1.29, 1.82) is 0 Å². The predicted molar refractivity (Wildman–Crippen MR) is 100 cm³/mol. The number of aliphatic hydroxyl groups is 1. The molecule has 3 fully saturated rings. The second kappa shape index (κ2) is 7.08. The highest BCUT2D eigenvalue weighted by atomic mass is 16.7. The normalized spacial score (nSPS) is 33.5. The molecule has 1 N–H and O–H groups in total. The third-order valence-corrected chi connectivity index (χ3v) is 6.51. The van der Waals surface area contributed by atoms with Crippen molar-refractivity contribution in [2.45, 2.75) is 63.7 Å². The average Bonchev–Trinajstić information content (AvgIpc) is 2.97.